The molecule has 0 saturated carbocycles. The zero-order valence-electron chi connectivity index (χ0n) is 14.7. The zero-order chi connectivity index (χ0) is 23.7. The van der Waals surface area contributed by atoms with Gasteiger partial charge in [0.2, 0.25) is 0 Å². The smallest absolute Gasteiger partial charge is 0.420 e. The van der Waals surface area contributed by atoms with E-state index in [0.717, 1.165) is 0 Å². The highest BCUT2D eigenvalue weighted by atomic mass is 32.2. The quantitative estimate of drug-likeness (QED) is 0.247. The maximum absolute atomic E-state index is 13.4. The molecule has 0 aromatic heterocycles. The summed E-state index contributed by atoms with van der Waals surface area (Å²) >= 11 is 0. The van der Waals surface area contributed by atoms with Crippen LogP contribution in [0.1, 0.15) is 35.1 Å². The molecule has 1 rings (SSSR count). The molecule has 0 amide bonds. The minimum Gasteiger partial charge on any atom is -0.507 e. The molecule has 1 aromatic carbocycles. The van der Waals surface area contributed by atoms with Crippen molar-refractivity contribution in [3.8, 4) is 11.5 Å². The molecule has 0 heterocycles. The maximum Gasteiger partial charge on any atom is 0.420 e. The summed E-state index contributed by atoms with van der Waals surface area (Å²) in [6.45, 7) is 0. The van der Waals surface area contributed by atoms with Crippen molar-refractivity contribution >= 4 is 20.2 Å². The predicted molar refractivity (Wildman–Crippen MR) is 89.2 cm³/mol. The summed E-state index contributed by atoms with van der Waals surface area (Å²) in [6.07, 6.45) is -14.8. The lowest BCUT2D eigenvalue weighted by atomic mass is 9.90. The Morgan fingerprint density at radius 3 is 1.10 bits per heavy atom. The lowest BCUT2D eigenvalue weighted by Crippen LogP contribution is -2.18. The maximum atomic E-state index is 13.4. The lowest BCUT2D eigenvalue weighted by Gasteiger charge is -2.23. The van der Waals surface area contributed by atoms with Gasteiger partial charge in [0.25, 0.3) is 20.2 Å². The Bertz CT molecular complexity index is 915. The molecule has 0 radical (unpaired) electrons. The first-order valence-corrected chi connectivity index (χ1v) is 11.1. The van der Waals surface area contributed by atoms with Crippen LogP contribution < -0.4 is 0 Å². The third-order valence-electron chi connectivity index (χ3n) is 3.87. The van der Waals surface area contributed by atoms with Crippen molar-refractivity contribution in [1.82, 2.24) is 0 Å². The van der Waals surface area contributed by atoms with Gasteiger partial charge in [-0.25, -0.2) is 0 Å². The summed E-state index contributed by atoms with van der Waals surface area (Å²) < 4.78 is 141. The molecule has 0 aliphatic rings. The molecule has 0 saturated heterocycles. The Morgan fingerprint density at radius 2 is 0.900 bits per heavy atom. The van der Waals surface area contributed by atoms with Crippen molar-refractivity contribution in [2.24, 2.45) is 0 Å². The number of phenolic OH excluding ortho intramolecular Hbond substituents is 2. The van der Waals surface area contributed by atoms with Gasteiger partial charge < -0.3 is 10.2 Å². The largest absolute Gasteiger partial charge is 0.507 e. The van der Waals surface area contributed by atoms with Gasteiger partial charge in [0.1, 0.15) is 22.6 Å². The molecule has 0 atom stereocenters. The minimum absolute atomic E-state index is 0.811. The average molecular weight is 490 g/mol. The molecule has 16 heteroatoms. The number of halogens is 6. The topological polar surface area (TPSA) is 149 Å². The second-order valence-electron chi connectivity index (χ2n) is 6.18. The van der Waals surface area contributed by atoms with Crippen molar-refractivity contribution in [2.75, 3.05) is 11.5 Å². The number of hydrogen-bond donors (Lipinski definition) is 4. The number of benzene rings is 1. The van der Waals surface area contributed by atoms with E-state index in [1.54, 1.807) is 0 Å². The molecule has 1 aromatic rings. The van der Waals surface area contributed by atoms with E-state index in [0.29, 0.717) is 0 Å². The van der Waals surface area contributed by atoms with Crippen molar-refractivity contribution in [1.29, 1.82) is 0 Å². The summed E-state index contributed by atoms with van der Waals surface area (Å²) in [5, 5.41) is 19.9. The van der Waals surface area contributed by atoms with Gasteiger partial charge in [0, 0.05) is 11.1 Å². The van der Waals surface area contributed by atoms with E-state index in [1.807, 2.05) is 0 Å². The average Bonchev–Trinajstić information content (AvgIpc) is 2.46. The highest BCUT2D eigenvalue weighted by molar-refractivity contribution is 7.86. The Morgan fingerprint density at radius 1 is 0.633 bits per heavy atom. The van der Waals surface area contributed by atoms with Crippen molar-refractivity contribution in [3.05, 3.63) is 22.3 Å². The molecule has 0 aliphatic carbocycles. The Balaban J connectivity index is 3.68. The van der Waals surface area contributed by atoms with Gasteiger partial charge in [0.05, 0.1) is 11.5 Å². The molecule has 0 bridgehead atoms. The molecule has 174 valence electrons. The molecule has 0 spiro atoms. The van der Waals surface area contributed by atoms with Gasteiger partial charge in [0.15, 0.2) is 0 Å². The molecule has 0 aliphatic heterocycles. The van der Waals surface area contributed by atoms with Crippen LogP contribution in [0.5, 0.6) is 11.5 Å². The summed E-state index contributed by atoms with van der Waals surface area (Å²) in [6, 6.07) is 0. The van der Waals surface area contributed by atoms with Gasteiger partial charge in [-0.3, -0.25) is 9.11 Å². The fourth-order valence-corrected chi connectivity index (χ4v) is 3.80. The summed E-state index contributed by atoms with van der Waals surface area (Å²) in [5.74, 6) is -6.07. The van der Waals surface area contributed by atoms with E-state index in [9.17, 15) is 53.4 Å². The van der Waals surface area contributed by atoms with Gasteiger partial charge in [-0.2, -0.15) is 43.2 Å². The number of hydrogen-bond acceptors (Lipinski definition) is 6. The first-order valence-electron chi connectivity index (χ1n) is 7.90. The summed E-state index contributed by atoms with van der Waals surface area (Å²) in [7, 11) is -9.33. The Kier molecular flexibility index (Phi) is 7.67. The van der Waals surface area contributed by atoms with Crippen molar-refractivity contribution in [3.63, 3.8) is 0 Å². The summed E-state index contributed by atoms with van der Waals surface area (Å²) in [5.41, 5.74) is -6.97. The molecule has 4 N–H and O–H groups in total. The fourth-order valence-electron chi connectivity index (χ4n) is 2.78. The predicted octanol–water partition coefficient (Wildman–Crippen LogP) is 2.78. The number of rotatable bonds is 8. The number of phenols is 2. The SMILES string of the molecule is O=S(=O)(O)CCCc1c(O)c(C(F)(F)F)c(CCCS(=O)(=O)O)c(O)c1C(F)(F)F. The van der Waals surface area contributed by atoms with Crippen LogP contribution in [0.25, 0.3) is 0 Å². The van der Waals surface area contributed by atoms with E-state index in [4.69, 9.17) is 9.11 Å². The molecular weight excluding hydrogens is 474 g/mol. The number of aromatic hydroxyl groups is 2. The van der Waals surface area contributed by atoms with Crippen LogP contribution in [0, 0.1) is 0 Å². The van der Waals surface area contributed by atoms with Crippen LogP contribution in [-0.4, -0.2) is 47.7 Å². The molecule has 8 nitrogen and oxygen atoms in total. The monoisotopic (exact) mass is 490 g/mol. The standard InChI is InChI=1S/C14H16F6O8S2/c15-13(16,17)9-7(3-1-5-29(23,24)25)11(21)10(14(18,19)20)8(12(9)22)4-2-6-30(26,27)28/h21-22H,1-6H2,(H,23,24,25)(H,26,27,28). The van der Waals surface area contributed by atoms with Crippen LogP contribution in [0.4, 0.5) is 26.3 Å². The molecule has 0 unspecified atom stereocenters. The molecular formula is C14H16F6O8S2. The highest BCUT2D eigenvalue weighted by Gasteiger charge is 2.45. The van der Waals surface area contributed by atoms with Crippen LogP contribution in [-0.2, 0) is 45.4 Å². The first-order chi connectivity index (χ1) is 13.3. The Labute approximate surface area is 166 Å². The van der Waals surface area contributed by atoms with Gasteiger partial charge >= 0.3 is 12.4 Å². The van der Waals surface area contributed by atoms with E-state index in [2.05, 4.69) is 0 Å². The van der Waals surface area contributed by atoms with E-state index < -0.39 is 104 Å². The first kappa shape index (κ1) is 26.3. The van der Waals surface area contributed by atoms with Gasteiger partial charge in [-0.15, -0.1) is 0 Å². The van der Waals surface area contributed by atoms with Crippen molar-refractivity contribution < 1.29 is 62.5 Å². The van der Waals surface area contributed by atoms with Crippen LogP contribution >= 0.6 is 0 Å². The second-order valence-corrected chi connectivity index (χ2v) is 9.32. The highest BCUT2D eigenvalue weighted by Crippen LogP contribution is 2.51. The molecule has 30 heavy (non-hydrogen) atoms. The van der Waals surface area contributed by atoms with E-state index in [1.165, 1.54) is 0 Å². The molecule has 0 fully saturated rings. The van der Waals surface area contributed by atoms with Crippen LogP contribution in [0.3, 0.4) is 0 Å². The fraction of sp³-hybridized carbons (Fsp3) is 0.571. The third-order valence-corrected chi connectivity index (χ3v) is 5.48. The zero-order valence-corrected chi connectivity index (χ0v) is 16.4. The van der Waals surface area contributed by atoms with E-state index >= 15 is 0 Å². The van der Waals surface area contributed by atoms with Crippen LogP contribution in [0.2, 0.25) is 0 Å². The number of alkyl halides is 6. The lowest BCUT2D eigenvalue weighted by molar-refractivity contribution is -0.144. The minimum atomic E-state index is -5.48. The van der Waals surface area contributed by atoms with Gasteiger partial charge in [-0.05, 0) is 25.7 Å². The van der Waals surface area contributed by atoms with Crippen molar-refractivity contribution in [2.45, 2.75) is 38.0 Å². The normalized spacial score (nSPS) is 13.6. The van der Waals surface area contributed by atoms with Crippen LogP contribution in [0.15, 0.2) is 0 Å². The Hall–Kier alpha value is -1.78. The van der Waals surface area contributed by atoms with E-state index in [-0.39, 0.29) is 0 Å². The second kappa shape index (κ2) is 8.76. The summed E-state index contributed by atoms with van der Waals surface area (Å²) in [4.78, 5) is 0. The van der Waals surface area contributed by atoms with Gasteiger partial charge in [-0.1, -0.05) is 0 Å². The third kappa shape index (κ3) is 7.17.